The largest absolute Gasteiger partial charge is 0.308 e. The second-order valence-electron chi connectivity index (χ2n) is 9.78. The number of hydrogen-bond acceptors (Lipinski definition) is 2. The molecule has 3 heteroatoms. The van der Waals surface area contributed by atoms with E-state index in [1.165, 1.54) is 49.5 Å². The standard InChI is InChI=1S/C29H26N2Si/c1-19-16-17-22-28-21(19)12-8-14-25(28)31(20-10-6-5-7-11-20)26-18-23-24(30-29(22)26)13-9-15-27(23)32(2,3)4/h5-18H,1-4H3. The first-order chi connectivity index (χ1) is 15.4. The predicted octanol–water partition coefficient (Wildman–Crippen LogP) is 7.69. The van der Waals surface area contributed by atoms with E-state index in [9.17, 15) is 0 Å². The number of aryl methyl sites for hydroxylation is 1. The molecule has 0 bridgehead atoms. The second-order valence-corrected chi connectivity index (χ2v) is 14.8. The zero-order valence-electron chi connectivity index (χ0n) is 19.0. The number of anilines is 3. The van der Waals surface area contributed by atoms with Gasteiger partial charge in [0, 0.05) is 22.0 Å². The van der Waals surface area contributed by atoms with Gasteiger partial charge >= 0.3 is 0 Å². The molecular formula is C29H26N2Si. The summed E-state index contributed by atoms with van der Waals surface area (Å²) < 4.78 is 0. The van der Waals surface area contributed by atoms with Crippen LogP contribution in [-0.2, 0) is 0 Å². The van der Waals surface area contributed by atoms with Crippen LogP contribution in [0.25, 0.3) is 32.9 Å². The summed E-state index contributed by atoms with van der Waals surface area (Å²) in [6.45, 7) is 9.43. The fourth-order valence-corrected chi connectivity index (χ4v) is 6.71. The van der Waals surface area contributed by atoms with Crippen LogP contribution in [0.1, 0.15) is 5.56 Å². The fourth-order valence-electron chi connectivity index (χ4n) is 5.11. The van der Waals surface area contributed by atoms with Gasteiger partial charge in [0.2, 0.25) is 0 Å². The molecule has 0 saturated heterocycles. The van der Waals surface area contributed by atoms with Crippen molar-refractivity contribution in [2.75, 3.05) is 4.90 Å². The Labute approximate surface area is 190 Å². The molecule has 5 aromatic rings. The van der Waals surface area contributed by atoms with Gasteiger partial charge in [0.15, 0.2) is 0 Å². The highest BCUT2D eigenvalue weighted by Gasteiger charge is 2.29. The maximum Gasteiger partial charge on any atom is 0.0957 e. The Hall–Kier alpha value is -3.43. The zero-order chi connectivity index (χ0) is 22.0. The van der Waals surface area contributed by atoms with Crippen LogP contribution in [-0.4, -0.2) is 13.1 Å². The van der Waals surface area contributed by atoms with Gasteiger partial charge in [0.25, 0.3) is 0 Å². The lowest BCUT2D eigenvalue weighted by Crippen LogP contribution is -2.38. The molecule has 1 aromatic heterocycles. The van der Waals surface area contributed by atoms with Gasteiger partial charge in [0.1, 0.15) is 0 Å². The Morgan fingerprint density at radius 1 is 0.719 bits per heavy atom. The van der Waals surface area contributed by atoms with Crippen LogP contribution in [0, 0.1) is 6.92 Å². The third-order valence-corrected chi connectivity index (χ3v) is 8.69. The Kier molecular flexibility index (Phi) is 4.08. The smallest absolute Gasteiger partial charge is 0.0957 e. The van der Waals surface area contributed by atoms with Gasteiger partial charge in [-0.05, 0) is 48.2 Å². The average Bonchev–Trinajstić information content (AvgIpc) is 2.79. The highest BCUT2D eigenvalue weighted by atomic mass is 28.3. The third-order valence-electron chi connectivity index (χ3n) is 6.64. The van der Waals surface area contributed by atoms with E-state index < -0.39 is 8.07 Å². The molecular weight excluding hydrogens is 404 g/mol. The van der Waals surface area contributed by atoms with E-state index in [1.54, 1.807) is 0 Å². The molecule has 0 atom stereocenters. The second kappa shape index (κ2) is 6.78. The van der Waals surface area contributed by atoms with Gasteiger partial charge in [0.05, 0.1) is 30.7 Å². The molecule has 2 heterocycles. The van der Waals surface area contributed by atoms with Gasteiger partial charge in [-0.1, -0.05) is 79.4 Å². The summed E-state index contributed by atoms with van der Waals surface area (Å²) in [4.78, 5) is 7.70. The lowest BCUT2D eigenvalue weighted by Gasteiger charge is -2.34. The van der Waals surface area contributed by atoms with Crippen molar-refractivity contribution in [3.63, 3.8) is 0 Å². The van der Waals surface area contributed by atoms with Crippen molar-refractivity contribution in [1.29, 1.82) is 0 Å². The Morgan fingerprint density at radius 3 is 2.28 bits per heavy atom. The molecule has 0 aliphatic carbocycles. The molecule has 0 N–H and O–H groups in total. The molecule has 4 aromatic carbocycles. The highest BCUT2D eigenvalue weighted by molar-refractivity contribution is 6.90. The minimum atomic E-state index is -1.53. The van der Waals surface area contributed by atoms with E-state index in [1.807, 2.05) is 0 Å². The van der Waals surface area contributed by atoms with Crippen molar-refractivity contribution < 1.29 is 0 Å². The molecule has 1 aliphatic heterocycles. The first kappa shape index (κ1) is 19.3. The van der Waals surface area contributed by atoms with E-state index in [2.05, 4.69) is 116 Å². The SMILES string of the molecule is Cc1ccc2c3c(cccc13)N(c1ccccc1)c1cc3c([Si](C)(C)C)cccc3nc1-2. The van der Waals surface area contributed by atoms with Gasteiger partial charge < -0.3 is 4.90 Å². The molecule has 0 fully saturated rings. The maximum absolute atomic E-state index is 5.30. The van der Waals surface area contributed by atoms with E-state index in [-0.39, 0.29) is 0 Å². The molecule has 0 radical (unpaired) electrons. The van der Waals surface area contributed by atoms with Crippen LogP contribution in [0.3, 0.4) is 0 Å². The van der Waals surface area contributed by atoms with Crippen molar-refractivity contribution in [3.05, 3.63) is 90.5 Å². The summed E-state index contributed by atoms with van der Waals surface area (Å²) in [5.74, 6) is 0. The number of rotatable bonds is 2. The maximum atomic E-state index is 5.30. The number of fused-ring (bicyclic) bond motifs is 3. The minimum absolute atomic E-state index is 1.07. The monoisotopic (exact) mass is 430 g/mol. The number of benzene rings is 4. The highest BCUT2D eigenvalue weighted by Crippen LogP contribution is 2.51. The quantitative estimate of drug-likeness (QED) is 0.262. The molecule has 0 spiro atoms. The Bertz CT molecular complexity index is 1510. The molecule has 0 unspecified atom stereocenters. The normalized spacial score (nSPS) is 12.9. The summed E-state index contributed by atoms with van der Waals surface area (Å²) in [7, 11) is -1.53. The summed E-state index contributed by atoms with van der Waals surface area (Å²) in [6, 6.07) is 30.9. The third kappa shape index (κ3) is 2.74. The van der Waals surface area contributed by atoms with Crippen molar-refractivity contribution in [2.45, 2.75) is 26.6 Å². The van der Waals surface area contributed by atoms with Gasteiger partial charge in [-0.15, -0.1) is 0 Å². The summed E-state index contributed by atoms with van der Waals surface area (Å²) in [5.41, 5.74) is 8.24. The summed E-state index contributed by atoms with van der Waals surface area (Å²) >= 11 is 0. The van der Waals surface area contributed by atoms with Gasteiger partial charge in [-0.2, -0.15) is 0 Å². The van der Waals surface area contributed by atoms with Crippen LogP contribution in [0.5, 0.6) is 0 Å². The van der Waals surface area contributed by atoms with E-state index in [4.69, 9.17) is 4.98 Å². The van der Waals surface area contributed by atoms with Crippen LogP contribution in [0.2, 0.25) is 19.6 Å². The average molecular weight is 431 g/mol. The number of para-hydroxylation sites is 1. The summed E-state index contributed by atoms with van der Waals surface area (Å²) in [6.07, 6.45) is 0. The Morgan fingerprint density at radius 2 is 1.50 bits per heavy atom. The van der Waals surface area contributed by atoms with E-state index in [0.29, 0.717) is 0 Å². The zero-order valence-corrected chi connectivity index (χ0v) is 20.0. The lowest BCUT2D eigenvalue weighted by atomic mass is 9.91. The first-order valence-electron chi connectivity index (χ1n) is 11.3. The predicted molar refractivity (Wildman–Crippen MR) is 141 cm³/mol. The molecule has 0 saturated carbocycles. The lowest BCUT2D eigenvalue weighted by molar-refractivity contribution is 1.25. The van der Waals surface area contributed by atoms with E-state index >= 15 is 0 Å². The molecule has 0 amide bonds. The van der Waals surface area contributed by atoms with E-state index in [0.717, 1.165) is 11.2 Å². The van der Waals surface area contributed by atoms with Crippen molar-refractivity contribution >= 4 is 52.0 Å². The fraction of sp³-hybridized carbons (Fsp3) is 0.138. The first-order valence-corrected chi connectivity index (χ1v) is 14.8. The van der Waals surface area contributed by atoms with Crippen molar-refractivity contribution in [1.82, 2.24) is 4.98 Å². The molecule has 156 valence electrons. The van der Waals surface area contributed by atoms with Gasteiger partial charge in [-0.3, -0.25) is 0 Å². The van der Waals surface area contributed by atoms with Crippen LogP contribution in [0.15, 0.2) is 84.9 Å². The topological polar surface area (TPSA) is 16.1 Å². The number of pyridine rings is 1. The van der Waals surface area contributed by atoms with Crippen LogP contribution in [0.4, 0.5) is 17.1 Å². The molecule has 6 rings (SSSR count). The number of nitrogens with zero attached hydrogens (tertiary/aromatic N) is 2. The van der Waals surface area contributed by atoms with Crippen molar-refractivity contribution in [2.24, 2.45) is 0 Å². The number of aromatic nitrogens is 1. The minimum Gasteiger partial charge on any atom is -0.308 e. The molecule has 1 aliphatic rings. The van der Waals surface area contributed by atoms with Gasteiger partial charge in [-0.25, -0.2) is 4.98 Å². The summed E-state index contributed by atoms with van der Waals surface area (Å²) in [5, 5.41) is 5.33. The number of hydrogen-bond donors (Lipinski definition) is 0. The molecule has 2 nitrogen and oxygen atoms in total. The van der Waals surface area contributed by atoms with Crippen LogP contribution >= 0.6 is 0 Å². The van der Waals surface area contributed by atoms with Crippen LogP contribution < -0.4 is 10.1 Å². The Balaban J connectivity index is 1.78. The molecule has 32 heavy (non-hydrogen) atoms. The van der Waals surface area contributed by atoms with Crippen molar-refractivity contribution in [3.8, 4) is 11.3 Å².